The molecule has 3 aromatic rings. The van der Waals surface area contributed by atoms with Crippen LogP contribution in [0, 0.1) is 0 Å². The van der Waals surface area contributed by atoms with Crippen molar-refractivity contribution in [3.8, 4) is 16.9 Å². The molecule has 144 valence electrons. The van der Waals surface area contributed by atoms with Gasteiger partial charge in [-0.3, -0.25) is 4.72 Å². The van der Waals surface area contributed by atoms with E-state index < -0.39 is 16.0 Å². The second-order valence-corrected chi connectivity index (χ2v) is 7.66. The van der Waals surface area contributed by atoms with Crippen LogP contribution in [0.5, 0.6) is 5.75 Å². The first kappa shape index (κ1) is 19.2. The van der Waals surface area contributed by atoms with Crippen molar-refractivity contribution in [2.75, 3.05) is 17.6 Å². The molecule has 0 aliphatic rings. The van der Waals surface area contributed by atoms with Gasteiger partial charge in [-0.05, 0) is 47.5 Å². The van der Waals surface area contributed by atoms with E-state index in [2.05, 4.69) is 9.46 Å². The van der Waals surface area contributed by atoms with Crippen LogP contribution >= 0.6 is 0 Å². The summed E-state index contributed by atoms with van der Waals surface area (Å²) in [4.78, 5) is 11.6. The maximum atomic E-state index is 12.7. The standard InChI is InChI=1S/C20H18N2O5S/c1-27-20(24)18-9-8-16(12-19(18)23)22-28(25,26)17-7-3-5-14(11-17)13-4-2-6-15(21)10-13/h2-12,22-23H,21H2,1H3. The topological polar surface area (TPSA) is 119 Å². The number of phenols is 1. The third kappa shape index (κ3) is 4.07. The summed E-state index contributed by atoms with van der Waals surface area (Å²) in [6.45, 7) is 0. The number of hydrogen-bond acceptors (Lipinski definition) is 6. The summed E-state index contributed by atoms with van der Waals surface area (Å²) in [5.41, 5.74) is 7.90. The molecule has 0 radical (unpaired) electrons. The zero-order chi connectivity index (χ0) is 20.3. The van der Waals surface area contributed by atoms with Gasteiger partial charge in [0, 0.05) is 11.8 Å². The summed E-state index contributed by atoms with van der Waals surface area (Å²) in [6.07, 6.45) is 0. The second-order valence-electron chi connectivity index (χ2n) is 5.98. The van der Waals surface area contributed by atoms with Crippen molar-refractivity contribution in [2.24, 2.45) is 0 Å². The lowest BCUT2D eigenvalue weighted by Crippen LogP contribution is -2.13. The van der Waals surface area contributed by atoms with Crippen molar-refractivity contribution in [1.82, 2.24) is 0 Å². The van der Waals surface area contributed by atoms with Gasteiger partial charge >= 0.3 is 5.97 Å². The molecule has 7 nitrogen and oxygen atoms in total. The van der Waals surface area contributed by atoms with Crippen LogP contribution in [0.4, 0.5) is 11.4 Å². The number of esters is 1. The van der Waals surface area contributed by atoms with Gasteiger partial charge in [-0.1, -0.05) is 24.3 Å². The van der Waals surface area contributed by atoms with Crippen LogP contribution in [0.1, 0.15) is 10.4 Å². The molecule has 3 rings (SSSR count). The lowest BCUT2D eigenvalue weighted by molar-refractivity contribution is 0.0597. The highest BCUT2D eigenvalue weighted by molar-refractivity contribution is 7.92. The fourth-order valence-corrected chi connectivity index (χ4v) is 3.75. The Morgan fingerprint density at radius 3 is 2.32 bits per heavy atom. The molecule has 0 spiro atoms. The van der Waals surface area contributed by atoms with Crippen LogP contribution in [0.15, 0.2) is 71.6 Å². The summed E-state index contributed by atoms with van der Waals surface area (Å²) in [7, 11) is -2.73. The summed E-state index contributed by atoms with van der Waals surface area (Å²) < 4.78 is 32.4. The van der Waals surface area contributed by atoms with Crippen molar-refractivity contribution in [3.05, 3.63) is 72.3 Å². The minimum atomic E-state index is -3.92. The van der Waals surface area contributed by atoms with Crippen molar-refractivity contribution in [2.45, 2.75) is 4.90 Å². The van der Waals surface area contributed by atoms with E-state index in [4.69, 9.17) is 5.73 Å². The number of carbonyl (C=O) groups excluding carboxylic acids is 1. The Morgan fingerprint density at radius 1 is 1.00 bits per heavy atom. The molecule has 0 amide bonds. The molecule has 4 N–H and O–H groups in total. The van der Waals surface area contributed by atoms with E-state index in [0.29, 0.717) is 11.3 Å². The molecule has 3 aromatic carbocycles. The predicted molar refractivity (Wildman–Crippen MR) is 107 cm³/mol. The highest BCUT2D eigenvalue weighted by Crippen LogP contribution is 2.27. The maximum Gasteiger partial charge on any atom is 0.341 e. The van der Waals surface area contributed by atoms with Crippen LogP contribution < -0.4 is 10.5 Å². The highest BCUT2D eigenvalue weighted by atomic mass is 32.2. The molecule has 0 unspecified atom stereocenters. The number of sulfonamides is 1. The third-order valence-corrected chi connectivity index (χ3v) is 5.40. The molecule has 8 heteroatoms. The number of phenolic OH excluding ortho intramolecular Hbond substituents is 1. The van der Waals surface area contributed by atoms with Crippen LogP contribution in [0.3, 0.4) is 0 Å². The lowest BCUT2D eigenvalue weighted by atomic mass is 10.1. The molecule has 0 aliphatic carbocycles. The van der Waals surface area contributed by atoms with Crippen molar-refractivity contribution < 1.29 is 23.1 Å². The zero-order valence-corrected chi connectivity index (χ0v) is 15.7. The van der Waals surface area contributed by atoms with Gasteiger partial charge in [0.15, 0.2) is 0 Å². The number of hydrogen-bond donors (Lipinski definition) is 3. The number of ether oxygens (including phenoxy) is 1. The summed E-state index contributed by atoms with van der Waals surface area (Å²) in [5.74, 6) is -1.11. The normalized spacial score (nSPS) is 11.0. The average Bonchev–Trinajstić information content (AvgIpc) is 2.67. The number of anilines is 2. The summed E-state index contributed by atoms with van der Waals surface area (Å²) in [5, 5.41) is 9.93. The van der Waals surface area contributed by atoms with E-state index in [1.54, 1.807) is 30.3 Å². The first-order valence-electron chi connectivity index (χ1n) is 8.20. The number of nitrogens with one attached hydrogen (secondary N) is 1. The molecule has 0 aromatic heterocycles. The minimum absolute atomic E-state index is 0.0453. The maximum absolute atomic E-state index is 12.7. The third-order valence-electron chi connectivity index (χ3n) is 4.02. The molecule has 0 heterocycles. The van der Waals surface area contributed by atoms with Crippen molar-refractivity contribution in [1.29, 1.82) is 0 Å². The number of nitrogen functional groups attached to an aromatic ring is 1. The van der Waals surface area contributed by atoms with E-state index in [1.807, 2.05) is 6.07 Å². The van der Waals surface area contributed by atoms with Crippen LogP contribution in [0.25, 0.3) is 11.1 Å². The van der Waals surface area contributed by atoms with E-state index in [0.717, 1.165) is 11.6 Å². The molecule has 0 aliphatic heterocycles. The first-order valence-corrected chi connectivity index (χ1v) is 9.68. The van der Waals surface area contributed by atoms with Gasteiger partial charge in [0.1, 0.15) is 11.3 Å². The van der Waals surface area contributed by atoms with Gasteiger partial charge in [-0.15, -0.1) is 0 Å². The van der Waals surface area contributed by atoms with Gasteiger partial charge in [0.05, 0.1) is 17.7 Å². The predicted octanol–water partition coefficient (Wildman–Crippen LogP) is 3.23. The van der Waals surface area contributed by atoms with E-state index >= 15 is 0 Å². The highest BCUT2D eigenvalue weighted by Gasteiger charge is 2.17. The number of benzene rings is 3. The molecule has 0 saturated heterocycles. The lowest BCUT2D eigenvalue weighted by Gasteiger charge is -2.11. The number of nitrogens with two attached hydrogens (primary N) is 1. The van der Waals surface area contributed by atoms with E-state index in [9.17, 15) is 18.3 Å². The summed E-state index contributed by atoms with van der Waals surface area (Å²) >= 11 is 0. The molecular weight excluding hydrogens is 380 g/mol. The quantitative estimate of drug-likeness (QED) is 0.448. The number of carbonyl (C=O) groups is 1. The Kier molecular flexibility index (Phi) is 5.23. The Bertz CT molecular complexity index is 1140. The van der Waals surface area contributed by atoms with Gasteiger partial charge < -0.3 is 15.6 Å². The zero-order valence-electron chi connectivity index (χ0n) is 14.9. The molecule has 28 heavy (non-hydrogen) atoms. The molecule has 0 atom stereocenters. The largest absolute Gasteiger partial charge is 0.507 e. The summed E-state index contributed by atoms with van der Waals surface area (Å²) in [6, 6.07) is 17.3. The van der Waals surface area contributed by atoms with Gasteiger partial charge in [-0.25, -0.2) is 13.2 Å². The monoisotopic (exact) mass is 398 g/mol. The second kappa shape index (κ2) is 7.61. The van der Waals surface area contributed by atoms with E-state index in [1.165, 1.54) is 31.4 Å². The smallest absolute Gasteiger partial charge is 0.341 e. The van der Waals surface area contributed by atoms with Gasteiger partial charge in [-0.2, -0.15) is 0 Å². The average molecular weight is 398 g/mol. The van der Waals surface area contributed by atoms with Crippen molar-refractivity contribution in [3.63, 3.8) is 0 Å². The van der Waals surface area contributed by atoms with Gasteiger partial charge in [0.2, 0.25) is 0 Å². The number of methoxy groups -OCH3 is 1. The fraction of sp³-hybridized carbons (Fsp3) is 0.0500. The SMILES string of the molecule is COC(=O)c1ccc(NS(=O)(=O)c2cccc(-c3cccc(N)c3)c2)cc1O. The Morgan fingerprint density at radius 2 is 1.68 bits per heavy atom. The minimum Gasteiger partial charge on any atom is -0.507 e. The number of aromatic hydroxyl groups is 1. The molecular formula is C20H18N2O5S. The molecule has 0 fully saturated rings. The van der Waals surface area contributed by atoms with Crippen molar-refractivity contribution >= 4 is 27.4 Å². The van der Waals surface area contributed by atoms with Crippen LogP contribution in [-0.2, 0) is 14.8 Å². The Labute approximate surface area is 162 Å². The number of rotatable bonds is 5. The van der Waals surface area contributed by atoms with Crippen LogP contribution in [0.2, 0.25) is 0 Å². The van der Waals surface area contributed by atoms with Gasteiger partial charge in [0.25, 0.3) is 10.0 Å². The first-order chi connectivity index (χ1) is 13.3. The molecule has 0 bridgehead atoms. The van der Waals surface area contributed by atoms with Crippen LogP contribution in [-0.4, -0.2) is 26.6 Å². The molecule has 0 saturated carbocycles. The fourth-order valence-electron chi connectivity index (χ4n) is 2.65. The Hall–Kier alpha value is -3.52. The Balaban J connectivity index is 1.90. The van der Waals surface area contributed by atoms with E-state index in [-0.39, 0.29) is 21.9 Å².